The number of rotatable bonds is 2. The van der Waals surface area contributed by atoms with E-state index in [1.165, 1.54) is 0 Å². The third-order valence-electron chi connectivity index (χ3n) is 0.479. The van der Waals surface area contributed by atoms with E-state index in [0.29, 0.717) is 6.08 Å². The molecule has 0 aromatic rings. The van der Waals surface area contributed by atoms with Crippen LogP contribution in [0.25, 0.3) is 0 Å². The molecule has 50 valence electrons. The summed E-state index contributed by atoms with van der Waals surface area (Å²) < 4.78 is 0. The fourth-order valence-electron chi connectivity index (χ4n) is 0.179. The van der Waals surface area contributed by atoms with E-state index in [2.05, 4.69) is 12.6 Å². The van der Waals surface area contributed by atoms with Crippen LogP contribution >= 0.6 is 12.6 Å². The molecule has 0 saturated carbocycles. The molecule has 0 amide bonds. The molecule has 5 heteroatoms. The third kappa shape index (κ3) is 3.60. The van der Waals surface area contributed by atoms with Crippen LogP contribution in [0.3, 0.4) is 0 Å². The molecule has 0 aliphatic heterocycles. The molecule has 0 atom stereocenters. The minimum atomic E-state index is -1.35. The molecule has 0 aliphatic carbocycles. The second-order valence-electron chi connectivity index (χ2n) is 1.17. The Balaban J connectivity index is 4.17. The van der Waals surface area contributed by atoms with Gasteiger partial charge in [0, 0.05) is 6.08 Å². The van der Waals surface area contributed by atoms with Crippen LogP contribution in [-0.2, 0) is 9.59 Å². The van der Waals surface area contributed by atoms with Gasteiger partial charge in [0.05, 0.1) is 4.91 Å². The predicted molar refractivity (Wildman–Crippen MR) is 32.3 cm³/mol. The van der Waals surface area contributed by atoms with Gasteiger partial charge in [-0.1, -0.05) is 0 Å². The summed E-state index contributed by atoms with van der Waals surface area (Å²) in [7, 11) is 0. The van der Waals surface area contributed by atoms with Crippen LogP contribution in [0.4, 0.5) is 0 Å². The van der Waals surface area contributed by atoms with Crippen LogP contribution in [0.5, 0.6) is 0 Å². The second-order valence-corrected chi connectivity index (χ2v) is 1.65. The molecular weight excluding hydrogens is 144 g/mol. The molecule has 0 heterocycles. The van der Waals surface area contributed by atoms with Crippen LogP contribution in [0, 0.1) is 0 Å². The van der Waals surface area contributed by atoms with Crippen molar-refractivity contribution in [2.75, 3.05) is 0 Å². The monoisotopic (exact) mass is 148 g/mol. The highest BCUT2D eigenvalue weighted by Crippen LogP contribution is 1.97. The third-order valence-corrected chi connectivity index (χ3v) is 0.800. The fraction of sp³-hybridized carbons (Fsp3) is 0. The molecule has 0 fully saturated rings. The first-order valence-corrected chi connectivity index (χ1v) is 2.35. The largest absolute Gasteiger partial charge is 0.478 e. The lowest BCUT2D eigenvalue weighted by atomic mass is 10.5. The number of hydrogen-bond donors (Lipinski definition) is 3. The standard InChI is InChI=1S/C4H4O4S/c5-3(6)1-2(9)4(7)8/h1,9H,(H,5,6)(H,7,8)/b2-1-. The van der Waals surface area contributed by atoms with Crippen molar-refractivity contribution in [2.45, 2.75) is 0 Å². The van der Waals surface area contributed by atoms with Gasteiger partial charge in [0.25, 0.3) is 0 Å². The Hall–Kier alpha value is -0.970. The average Bonchev–Trinajstić information content (AvgIpc) is 1.63. The van der Waals surface area contributed by atoms with Gasteiger partial charge in [-0.05, 0) is 0 Å². The van der Waals surface area contributed by atoms with Gasteiger partial charge in [-0.3, -0.25) is 0 Å². The normalized spacial score (nSPS) is 11.0. The highest BCUT2D eigenvalue weighted by atomic mass is 32.1. The van der Waals surface area contributed by atoms with E-state index in [1.807, 2.05) is 0 Å². The van der Waals surface area contributed by atoms with Crippen molar-refractivity contribution in [3.63, 3.8) is 0 Å². The lowest BCUT2D eigenvalue weighted by Gasteiger charge is -1.85. The quantitative estimate of drug-likeness (QED) is 0.379. The van der Waals surface area contributed by atoms with Gasteiger partial charge in [-0.15, -0.1) is 12.6 Å². The summed E-state index contributed by atoms with van der Waals surface area (Å²) in [6.07, 6.45) is 0.505. The summed E-state index contributed by atoms with van der Waals surface area (Å²) >= 11 is 3.35. The maximum Gasteiger partial charge on any atom is 0.342 e. The highest BCUT2D eigenvalue weighted by Gasteiger charge is 2.01. The molecule has 0 spiro atoms. The molecule has 4 nitrogen and oxygen atoms in total. The zero-order chi connectivity index (χ0) is 7.44. The van der Waals surface area contributed by atoms with E-state index in [4.69, 9.17) is 10.2 Å². The lowest BCUT2D eigenvalue weighted by Crippen LogP contribution is -1.97. The molecular formula is C4H4O4S. The van der Waals surface area contributed by atoms with Crippen molar-refractivity contribution in [3.05, 3.63) is 11.0 Å². The van der Waals surface area contributed by atoms with E-state index >= 15 is 0 Å². The number of aliphatic carboxylic acids is 2. The van der Waals surface area contributed by atoms with Crippen LogP contribution in [-0.4, -0.2) is 22.2 Å². The van der Waals surface area contributed by atoms with Gasteiger partial charge < -0.3 is 10.2 Å². The molecule has 0 aromatic heterocycles. The van der Waals surface area contributed by atoms with Gasteiger partial charge in [0.1, 0.15) is 0 Å². The summed E-state index contributed by atoms with van der Waals surface area (Å²) in [6.45, 7) is 0. The van der Waals surface area contributed by atoms with Crippen molar-refractivity contribution in [2.24, 2.45) is 0 Å². The van der Waals surface area contributed by atoms with Gasteiger partial charge >= 0.3 is 11.9 Å². The van der Waals surface area contributed by atoms with Gasteiger partial charge in [-0.25, -0.2) is 9.59 Å². The zero-order valence-corrected chi connectivity index (χ0v) is 5.13. The van der Waals surface area contributed by atoms with Crippen LogP contribution in [0.2, 0.25) is 0 Å². The molecule has 0 radical (unpaired) electrons. The number of thiol groups is 1. The van der Waals surface area contributed by atoms with Crippen molar-refractivity contribution in [1.29, 1.82) is 0 Å². The highest BCUT2D eigenvalue weighted by molar-refractivity contribution is 7.85. The molecule has 0 rings (SSSR count). The van der Waals surface area contributed by atoms with E-state index in [1.54, 1.807) is 0 Å². The topological polar surface area (TPSA) is 74.6 Å². The molecule has 0 unspecified atom stereocenters. The fourth-order valence-corrected chi connectivity index (χ4v) is 0.289. The summed E-state index contributed by atoms with van der Waals surface area (Å²) in [5, 5.41) is 16.0. The maximum absolute atomic E-state index is 9.83. The van der Waals surface area contributed by atoms with Crippen molar-refractivity contribution in [3.8, 4) is 0 Å². The summed E-state index contributed by atoms with van der Waals surface area (Å²) in [5.74, 6) is -2.66. The first kappa shape index (κ1) is 8.03. The number of carboxylic acid groups (broad SMARTS) is 2. The summed E-state index contributed by atoms with van der Waals surface area (Å²) in [4.78, 5) is 19.1. The van der Waals surface area contributed by atoms with Crippen molar-refractivity contribution in [1.82, 2.24) is 0 Å². The smallest absolute Gasteiger partial charge is 0.342 e. The van der Waals surface area contributed by atoms with Gasteiger partial charge in [-0.2, -0.15) is 0 Å². The van der Waals surface area contributed by atoms with E-state index in [-0.39, 0.29) is 0 Å². The Morgan fingerprint density at radius 1 is 1.33 bits per heavy atom. The van der Waals surface area contributed by atoms with E-state index < -0.39 is 16.8 Å². The summed E-state index contributed by atoms with van der Waals surface area (Å²) in [6, 6.07) is 0. The summed E-state index contributed by atoms with van der Waals surface area (Å²) in [5.41, 5.74) is 0. The minimum Gasteiger partial charge on any atom is -0.478 e. The Kier molecular flexibility index (Phi) is 2.80. The molecule has 0 aliphatic rings. The van der Waals surface area contributed by atoms with Crippen LogP contribution < -0.4 is 0 Å². The first-order chi connectivity index (χ1) is 4.04. The SMILES string of the molecule is O=C(O)/C=C(\S)C(=O)O. The Labute approximate surface area is 56.2 Å². The van der Waals surface area contributed by atoms with Crippen molar-refractivity contribution >= 4 is 24.6 Å². The lowest BCUT2D eigenvalue weighted by molar-refractivity contribution is -0.134. The minimum absolute atomic E-state index is 0.484. The first-order valence-electron chi connectivity index (χ1n) is 1.91. The van der Waals surface area contributed by atoms with Crippen LogP contribution in [0.1, 0.15) is 0 Å². The second kappa shape index (κ2) is 3.13. The molecule has 0 saturated heterocycles. The van der Waals surface area contributed by atoms with Crippen LogP contribution in [0.15, 0.2) is 11.0 Å². The molecule has 0 bridgehead atoms. The Bertz CT molecular complexity index is 171. The number of carboxylic acids is 2. The average molecular weight is 148 g/mol. The number of carbonyl (C=O) groups is 2. The maximum atomic E-state index is 9.83. The molecule has 0 aromatic carbocycles. The Morgan fingerprint density at radius 2 is 1.78 bits per heavy atom. The molecule has 2 N–H and O–H groups in total. The van der Waals surface area contributed by atoms with E-state index in [9.17, 15) is 9.59 Å². The van der Waals surface area contributed by atoms with Gasteiger partial charge in [0.15, 0.2) is 0 Å². The van der Waals surface area contributed by atoms with E-state index in [0.717, 1.165) is 0 Å². The predicted octanol–water partition coefficient (Wildman–Crippen LogP) is -0.0307. The Morgan fingerprint density at radius 3 is 1.89 bits per heavy atom. The number of hydrogen-bond acceptors (Lipinski definition) is 3. The van der Waals surface area contributed by atoms with Crippen molar-refractivity contribution < 1.29 is 19.8 Å². The zero-order valence-electron chi connectivity index (χ0n) is 4.24. The molecule has 9 heavy (non-hydrogen) atoms. The van der Waals surface area contributed by atoms with Gasteiger partial charge in [0.2, 0.25) is 0 Å².